The van der Waals surface area contributed by atoms with E-state index >= 15 is 0 Å². The number of ether oxygens (including phenoxy) is 2. The van der Waals surface area contributed by atoms with Gasteiger partial charge in [-0.05, 0) is 44.9 Å². The van der Waals surface area contributed by atoms with Gasteiger partial charge in [-0.2, -0.15) is 0 Å². The van der Waals surface area contributed by atoms with E-state index in [1.165, 1.54) is 25.8 Å². The van der Waals surface area contributed by atoms with Gasteiger partial charge in [0.15, 0.2) is 11.5 Å². The van der Waals surface area contributed by atoms with Crippen LogP contribution in [0.1, 0.15) is 38.2 Å². The highest BCUT2D eigenvalue weighted by atomic mass is 16.5. The fraction of sp³-hybridized carbons (Fsp3) is 0.550. The molecule has 0 saturated carbocycles. The third-order valence-corrected chi connectivity index (χ3v) is 4.71. The van der Waals surface area contributed by atoms with Gasteiger partial charge in [0, 0.05) is 30.8 Å². The standard InChI is InChI=1S/C20H30N2O3/c1-16-8-4-5-14-22(16)15-7-13-21-19(23)12-11-17-9-6-10-18(24-2)20(17)25-3/h6,9-12,16H,4-5,7-8,13-15H2,1-3H3,(H,21,23)/b12-11+/t16-/m1/s1. The molecule has 1 amide bonds. The summed E-state index contributed by atoms with van der Waals surface area (Å²) in [4.78, 5) is 14.5. The van der Waals surface area contributed by atoms with Gasteiger partial charge in [0.25, 0.3) is 0 Å². The second-order valence-electron chi connectivity index (χ2n) is 6.44. The number of amides is 1. The van der Waals surface area contributed by atoms with Crippen molar-refractivity contribution in [3.63, 3.8) is 0 Å². The van der Waals surface area contributed by atoms with Crippen LogP contribution in [0.25, 0.3) is 6.08 Å². The molecule has 1 aromatic rings. The number of carbonyl (C=O) groups excluding carboxylic acids is 1. The van der Waals surface area contributed by atoms with Crippen molar-refractivity contribution in [2.45, 2.75) is 38.6 Å². The summed E-state index contributed by atoms with van der Waals surface area (Å²) in [5.74, 6) is 1.20. The summed E-state index contributed by atoms with van der Waals surface area (Å²) in [7, 11) is 3.19. The van der Waals surface area contributed by atoms with Crippen LogP contribution in [0.3, 0.4) is 0 Å². The Bertz CT molecular complexity index is 586. The highest BCUT2D eigenvalue weighted by molar-refractivity contribution is 5.92. The van der Waals surface area contributed by atoms with Gasteiger partial charge in [-0.25, -0.2) is 0 Å². The number of piperidine rings is 1. The zero-order chi connectivity index (χ0) is 18.1. The maximum Gasteiger partial charge on any atom is 0.244 e. The lowest BCUT2D eigenvalue weighted by atomic mass is 10.0. The molecule has 1 heterocycles. The van der Waals surface area contributed by atoms with E-state index in [9.17, 15) is 4.79 Å². The number of rotatable bonds is 8. The summed E-state index contributed by atoms with van der Waals surface area (Å²) in [5.41, 5.74) is 0.819. The SMILES string of the molecule is COc1cccc(/C=C/C(=O)NCCCN2CCCC[C@H]2C)c1OC. The number of nitrogens with zero attached hydrogens (tertiary/aromatic N) is 1. The third kappa shape index (κ3) is 5.78. The minimum atomic E-state index is -0.0865. The maximum absolute atomic E-state index is 12.0. The van der Waals surface area contributed by atoms with Crippen molar-refractivity contribution >= 4 is 12.0 Å². The van der Waals surface area contributed by atoms with E-state index in [4.69, 9.17) is 9.47 Å². The van der Waals surface area contributed by atoms with Crippen LogP contribution in [0, 0.1) is 0 Å². The molecule has 1 aromatic carbocycles. The largest absolute Gasteiger partial charge is 0.493 e. The second kappa shape index (κ2) is 10.1. The molecule has 138 valence electrons. The molecule has 2 rings (SSSR count). The van der Waals surface area contributed by atoms with E-state index in [2.05, 4.69) is 17.1 Å². The van der Waals surface area contributed by atoms with E-state index in [1.54, 1.807) is 26.4 Å². The predicted molar refractivity (Wildman–Crippen MR) is 101 cm³/mol. The van der Waals surface area contributed by atoms with Crippen molar-refractivity contribution in [1.29, 1.82) is 0 Å². The molecule has 1 atom stereocenters. The van der Waals surface area contributed by atoms with Crippen LogP contribution in [0.5, 0.6) is 11.5 Å². The van der Waals surface area contributed by atoms with Crippen LogP contribution in [-0.2, 0) is 4.79 Å². The third-order valence-electron chi connectivity index (χ3n) is 4.71. The predicted octanol–water partition coefficient (Wildman–Crippen LogP) is 3.10. The Kier molecular flexibility index (Phi) is 7.79. The topological polar surface area (TPSA) is 50.8 Å². The van der Waals surface area contributed by atoms with Crippen LogP contribution in [-0.4, -0.2) is 50.7 Å². The molecule has 0 bridgehead atoms. The molecule has 1 N–H and O–H groups in total. The fourth-order valence-electron chi connectivity index (χ4n) is 3.25. The number of para-hydroxylation sites is 1. The van der Waals surface area contributed by atoms with Crippen LogP contribution >= 0.6 is 0 Å². The molecule has 0 aromatic heterocycles. The smallest absolute Gasteiger partial charge is 0.244 e. The minimum Gasteiger partial charge on any atom is -0.493 e. The molecule has 25 heavy (non-hydrogen) atoms. The van der Waals surface area contributed by atoms with Crippen LogP contribution in [0.4, 0.5) is 0 Å². The molecule has 5 nitrogen and oxygen atoms in total. The first kappa shape index (κ1) is 19.3. The molecule has 1 saturated heterocycles. The van der Waals surface area contributed by atoms with Gasteiger partial charge in [0.2, 0.25) is 5.91 Å². The molecule has 1 fully saturated rings. The number of benzene rings is 1. The first-order valence-electron chi connectivity index (χ1n) is 9.06. The number of likely N-dealkylation sites (tertiary alicyclic amines) is 1. The molecule has 1 aliphatic rings. The number of hydrogen-bond acceptors (Lipinski definition) is 4. The molecule has 1 aliphatic heterocycles. The summed E-state index contributed by atoms with van der Waals surface area (Å²) in [6, 6.07) is 6.27. The van der Waals surface area contributed by atoms with Crippen LogP contribution < -0.4 is 14.8 Å². The van der Waals surface area contributed by atoms with Crippen molar-refractivity contribution < 1.29 is 14.3 Å². The average Bonchev–Trinajstić information content (AvgIpc) is 2.64. The lowest BCUT2D eigenvalue weighted by Gasteiger charge is -2.33. The van der Waals surface area contributed by atoms with Crippen LogP contribution in [0.2, 0.25) is 0 Å². The van der Waals surface area contributed by atoms with Crippen molar-refractivity contribution in [3.05, 3.63) is 29.8 Å². The lowest BCUT2D eigenvalue weighted by molar-refractivity contribution is -0.116. The van der Waals surface area contributed by atoms with Gasteiger partial charge in [-0.3, -0.25) is 4.79 Å². The summed E-state index contributed by atoms with van der Waals surface area (Å²) >= 11 is 0. The average molecular weight is 346 g/mol. The number of hydrogen-bond donors (Lipinski definition) is 1. The first-order valence-corrected chi connectivity index (χ1v) is 9.06. The molecular formula is C20H30N2O3. The Morgan fingerprint density at radius 1 is 1.32 bits per heavy atom. The zero-order valence-electron chi connectivity index (χ0n) is 15.6. The highest BCUT2D eigenvalue weighted by Crippen LogP contribution is 2.31. The van der Waals surface area contributed by atoms with E-state index in [0.29, 0.717) is 24.1 Å². The van der Waals surface area contributed by atoms with Crippen molar-refractivity contribution in [2.75, 3.05) is 33.9 Å². The maximum atomic E-state index is 12.0. The number of nitrogens with one attached hydrogen (secondary N) is 1. The van der Waals surface area contributed by atoms with Crippen molar-refractivity contribution in [2.24, 2.45) is 0 Å². The Balaban J connectivity index is 1.77. The quantitative estimate of drug-likeness (QED) is 0.580. The summed E-state index contributed by atoms with van der Waals surface area (Å²) in [6.07, 6.45) is 8.20. The van der Waals surface area contributed by atoms with E-state index in [-0.39, 0.29) is 5.91 Å². The summed E-state index contributed by atoms with van der Waals surface area (Å²) in [6.45, 7) is 5.23. The van der Waals surface area contributed by atoms with E-state index in [1.807, 2.05) is 18.2 Å². The van der Waals surface area contributed by atoms with Gasteiger partial charge >= 0.3 is 0 Å². The molecule has 5 heteroatoms. The van der Waals surface area contributed by atoms with Gasteiger partial charge in [-0.1, -0.05) is 18.6 Å². The Morgan fingerprint density at radius 2 is 2.16 bits per heavy atom. The van der Waals surface area contributed by atoms with Gasteiger partial charge in [-0.15, -0.1) is 0 Å². The Hall–Kier alpha value is -2.01. The van der Waals surface area contributed by atoms with E-state index < -0.39 is 0 Å². The first-order chi connectivity index (χ1) is 12.2. The summed E-state index contributed by atoms with van der Waals surface area (Å²) in [5, 5.41) is 2.95. The lowest BCUT2D eigenvalue weighted by Crippen LogP contribution is -2.39. The highest BCUT2D eigenvalue weighted by Gasteiger charge is 2.17. The molecule has 0 unspecified atom stereocenters. The fourth-order valence-corrected chi connectivity index (χ4v) is 3.25. The monoisotopic (exact) mass is 346 g/mol. The van der Waals surface area contributed by atoms with Crippen molar-refractivity contribution in [3.8, 4) is 11.5 Å². The Labute approximate surface area is 151 Å². The zero-order valence-corrected chi connectivity index (χ0v) is 15.6. The normalized spacial score (nSPS) is 18.3. The summed E-state index contributed by atoms with van der Waals surface area (Å²) < 4.78 is 10.6. The number of carbonyl (C=O) groups is 1. The molecular weight excluding hydrogens is 316 g/mol. The minimum absolute atomic E-state index is 0.0865. The second-order valence-corrected chi connectivity index (χ2v) is 6.44. The molecule has 0 aliphatic carbocycles. The number of methoxy groups -OCH3 is 2. The van der Waals surface area contributed by atoms with Gasteiger partial charge in [0.05, 0.1) is 14.2 Å². The molecule has 0 spiro atoms. The van der Waals surface area contributed by atoms with Crippen molar-refractivity contribution in [1.82, 2.24) is 10.2 Å². The van der Waals surface area contributed by atoms with Crippen LogP contribution in [0.15, 0.2) is 24.3 Å². The Morgan fingerprint density at radius 3 is 2.88 bits per heavy atom. The van der Waals surface area contributed by atoms with E-state index in [0.717, 1.165) is 18.5 Å². The molecule has 0 radical (unpaired) electrons. The van der Waals surface area contributed by atoms with Gasteiger partial charge in [0.1, 0.15) is 0 Å². The van der Waals surface area contributed by atoms with Gasteiger partial charge < -0.3 is 19.7 Å².